The van der Waals surface area contributed by atoms with Crippen molar-refractivity contribution in [3.8, 4) is 17.7 Å². The molecule has 1 fully saturated rings. The van der Waals surface area contributed by atoms with E-state index in [2.05, 4.69) is 48.3 Å². The molecule has 2 aliphatic heterocycles. The first-order chi connectivity index (χ1) is 17.4. The molecule has 0 spiro atoms. The molecule has 1 unspecified atom stereocenters. The minimum Gasteiger partial charge on any atom is -0.553 e. The maximum absolute atomic E-state index is 12.6. The monoisotopic (exact) mass is 528 g/mol. The van der Waals surface area contributed by atoms with Crippen LogP contribution in [0.4, 0.5) is 5.69 Å². The van der Waals surface area contributed by atoms with Crippen LogP contribution in [0.25, 0.3) is 16.6 Å². The van der Waals surface area contributed by atoms with E-state index in [0.717, 1.165) is 41.2 Å². The van der Waals surface area contributed by atoms with Crippen molar-refractivity contribution in [1.29, 1.82) is 5.26 Å². The number of ether oxygens (including phenoxy) is 1. The van der Waals surface area contributed by atoms with Crippen molar-refractivity contribution in [2.75, 3.05) is 31.9 Å². The number of nitrogens with two attached hydrogens (primary N) is 1. The fourth-order valence-corrected chi connectivity index (χ4v) is 4.76. The fraction of sp³-hybridized carbons (Fsp3) is 0.429. The van der Waals surface area contributed by atoms with Crippen LogP contribution in [0.1, 0.15) is 43.6 Å². The summed E-state index contributed by atoms with van der Waals surface area (Å²) in [5.74, 6) is 0.0659. The van der Waals surface area contributed by atoms with E-state index in [9.17, 15) is 4.79 Å². The van der Waals surface area contributed by atoms with Gasteiger partial charge in [0.1, 0.15) is 0 Å². The number of hydrogen-bond acceptors (Lipinski definition) is 6. The van der Waals surface area contributed by atoms with Crippen LogP contribution in [0.15, 0.2) is 54.2 Å². The molecule has 192 valence electrons. The molecule has 9 heteroatoms. The molecule has 2 aromatic rings. The van der Waals surface area contributed by atoms with Crippen LogP contribution >= 0.6 is 0 Å². The first kappa shape index (κ1) is 31.5. The van der Waals surface area contributed by atoms with Gasteiger partial charge in [0.25, 0.3) is 5.91 Å². The quantitative estimate of drug-likeness (QED) is 0.415. The average molecular weight is 529 g/mol. The molecule has 2 aliphatic rings. The Morgan fingerprint density at radius 3 is 2.30 bits per heavy atom. The number of nitrogens with zero attached hydrogens (tertiary/aromatic N) is 4. The van der Waals surface area contributed by atoms with Crippen LogP contribution in [0.2, 0.25) is 0 Å². The molecule has 0 radical (unpaired) electrons. The van der Waals surface area contributed by atoms with Crippen molar-refractivity contribution in [1.82, 2.24) is 15.2 Å². The van der Waals surface area contributed by atoms with Crippen molar-refractivity contribution in [3.05, 3.63) is 70.8 Å². The summed E-state index contributed by atoms with van der Waals surface area (Å²) in [5, 5.41) is 6.50. The molecule has 0 aromatic heterocycles. The molecule has 0 saturated carbocycles. The summed E-state index contributed by atoms with van der Waals surface area (Å²) in [6, 6.07) is 13.9. The molecular weight excluding hydrogens is 491 g/mol. The molecular formula is C28H37KN6O2. The summed E-state index contributed by atoms with van der Waals surface area (Å²) >= 11 is 0. The van der Waals surface area contributed by atoms with Gasteiger partial charge in [-0.25, -0.2) is 5.26 Å². The van der Waals surface area contributed by atoms with E-state index in [-0.39, 0.29) is 75.7 Å². The van der Waals surface area contributed by atoms with E-state index in [0.29, 0.717) is 25.1 Å². The van der Waals surface area contributed by atoms with Gasteiger partial charge in [-0.05, 0) is 80.5 Å². The number of rotatable bonds is 7. The Bertz CT molecular complexity index is 1070. The third-order valence-electron chi connectivity index (χ3n) is 6.55. The number of anilines is 1. The number of morpholine rings is 1. The van der Waals surface area contributed by atoms with Gasteiger partial charge < -0.3 is 31.1 Å². The second-order valence-corrected chi connectivity index (χ2v) is 9.20. The molecule has 0 bridgehead atoms. The number of carbonyl (C=O) groups excluding carboxylic acids is 1. The van der Waals surface area contributed by atoms with Crippen LogP contribution in [-0.2, 0) is 11.2 Å². The van der Waals surface area contributed by atoms with Gasteiger partial charge in [-0.3, -0.25) is 4.79 Å². The standard InChI is InChI=1S/C27H36N5O2.CHN.K/c1-5-31(6-2)27(33)21-9-7-20(8-10-21)22-11-12-25(28)23(13-22)14-24-15-26(30-29-24)32-16-18(3)34-19(4)17-32;1-2;/h7-13,15,18-19,26,29H,5-6,14,16-17,28H2,1-4H3;1H;/q-1;;+1/t18-,19+,26?;;. The van der Waals surface area contributed by atoms with Crippen LogP contribution in [0, 0.1) is 11.8 Å². The van der Waals surface area contributed by atoms with Gasteiger partial charge in [-0.2, -0.15) is 0 Å². The van der Waals surface area contributed by atoms with Crippen LogP contribution in [0.5, 0.6) is 0 Å². The largest absolute Gasteiger partial charge is 1.00 e. The second kappa shape index (κ2) is 15.0. The van der Waals surface area contributed by atoms with Crippen molar-refractivity contribution in [2.24, 2.45) is 0 Å². The average Bonchev–Trinajstić information content (AvgIpc) is 3.35. The minimum absolute atomic E-state index is 0. The maximum Gasteiger partial charge on any atom is 1.00 e. The number of nitrogen functional groups attached to an aromatic ring is 1. The molecule has 0 aliphatic carbocycles. The Balaban J connectivity index is 0.00000157. The zero-order chi connectivity index (χ0) is 26.2. The Kier molecular flexibility index (Phi) is 12.8. The van der Waals surface area contributed by atoms with Gasteiger partial charge in [-0.1, -0.05) is 24.3 Å². The van der Waals surface area contributed by atoms with Crippen LogP contribution in [-0.4, -0.2) is 60.3 Å². The zero-order valence-corrected chi connectivity index (χ0v) is 25.8. The van der Waals surface area contributed by atoms with Gasteiger partial charge in [0.15, 0.2) is 0 Å². The Morgan fingerprint density at radius 1 is 1.11 bits per heavy atom. The zero-order valence-electron chi connectivity index (χ0n) is 22.6. The fourth-order valence-electron chi connectivity index (χ4n) is 4.76. The van der Waals surface area contributed by atoms with E-state index in [1.54, 1.807) is 0 Å². The Labute approximate surface area is 263 Å². The van der Waals surface area contributed by atoms with Gasteiger partial charge >= 0.3 is 51.4 Å². The molecule has 2 aromatic carbocycles. The molecule has 2 heterocycles. The predicted octanol–water partition coefficient (Wildman–Crippen LogP) is 1.32. The Morgan fingerprint density at radius 2 is 1.70 bits per heavy atom. The summed E-state index contributed by atoms with van der Waals surface area (Å²) in [5.41, 5.74) is 19.9. The number of nitriles is 1. The first-order valence-corrected chi connectivity index (χ1v) is 12.5. The Hall–Kier alpha value is -1.74. The molecule has 3 N–H and O–H groups in total. The molecule has 4 rings (SSSR count). The number of allylic oxidation sites excluding steroid dienone is 1. The number of benzene rings is 2. The summed E-state index contributed by atoms with van der Waals surface area (Å²) in [7, 11) is 0. The van der Waals surface area contributed by atoms with E-state index in [1.165, 1.54) is 0 Å². The predicted molar refractivity (Wildman–Crippen MR) is 144 cm³/mol. The molecule has 37 heavy (non-hydrogen) atoms. The van der Waals surface area contributed by atoms with Gasteiger partial charge in [-0.15, -0.1) is 0 Å². The number of nitrogens with one attached hydrogen (secondary N) is 1. The number of amides is 1. The van der Waals surface area contributed by atoms with Crippen molar-refractivity contribution >= 4 is 11.6 Å². The summed E-state index contributed by atoms with van der Waals surface area (Å²) in [6.45, 7) is 14.9. The van der Waals surface area contributed by atoms with E-state index >= 15 is 0 Å². The molecule has 3 atom stereocenters. The van der Waals surface area contributed by atoms with Crippen LogP contribution < -0.4 is 62.5 Å². The van der Waals surface area contributed by atoms with Gasteiger partial charge in [0.2, 0.25) is 0 Å². The SMILES string of the molecule is C#N.CCN(CC)C(=O)c1ccc(-c2ccc(N)c(CC3=CC(N4C[C@@H](C)O[C@@H](C)C4)[N-]N3)c2)cc1.[K+]. The minimum atomic E-state index is 0. The van der Waals surface area contributed by atoms with E-state index in [4.69, 9.17) is 15.7 Å². The van der Waals surface area contributed by atoms with Crippen LogP contribution in [0.3, 0.4) is 0 Å². The number of carbonyl (C=O) groups is 1. The second-order valence-electron chi connectivity index (χ2n) is 9.20. The van der Waals surface area contributed by atoms with Crippen molar-refractivity contribution in [2.45, 2.75) is 52.5 Å². The number of hydrogen-bond donors (Lipinski definition) is 2. The molecule has 1 amide bonds. The summed E-state index contributed by atoms with van der Waals surface area (Å²) < 4.78 is 5.85. The first-order valence-electron chi connectivity index (χ1n) is 12.5. The van der Waals surface area contributed by atoms with E-state index < -0.39 is 0 Å². The maximum atomic E-state index is 12.6. The third-order valence-corrected chi connectivity index (χ3v) is 6.55. The third kappa shape index (κ3) is 8.12. The topological polar surface area (TPSA) is 109 Å². The summed E-state index contributed by atoms with van der Waals surface area (Å²) in [4.78, 5) is 16.8. The summed E-state index contributed by atoms with van der Waals surface area (Å²) in [6.07, 6.45) is 3.30. The normalized spacial score (nSPS) is 21.0. The van der Waals surface area contributed by atoms with Crippen molar-refractivity contribution < 1.29 is 60.9 Å². The van der Waals surface area contributed by atoms with E-state index in [1.807, 2.05) is 55.1 Å². The molecule has 1 saturated heterocycles. The van der Waals surface area contributed by atoms with Gasteiger partial charge in [0.05, 0.1) is 12.2 Å². The van der Waals surface area contributed by atoms with Crippen molar-refractivity contribution in [3.63, 3.8) is 0 Å². The smallest absolute Gasteiger partial charge is 0.553 e. The molecule has 8 nitrogen and oxygen atoms in total. The van der Waals surface area contributed by atoms with Gasteiger partial charge in [0, 0.05) is 50.4 Å².